The van der Waals surface area contributed by atoms with Crippen molar-refractivity contribution >= 4 is 34.8 Å². The van der Waals surface area contributed by atoms with E-state index < -0.39 is 5.97 Å². The molecule has 3 nitrogen and oxygen atoms in total. The summed E-state index contributed by atoms with van der Waals surface area (Å²) < 4.78 is 0. The molecule has 0 aliphatic heterocycles. The number of carboxylic acid groups (broad SMARTS) is 1. The molecule has 2 N–H and O–H groups in total. The molecule has 1 heterocycles. The number of anilines is 1. The summed E-state index contributed by atoms with van der Waals surface area (Å²) in [5, 5.41) is 16.7. The molecule has 0 atom stereocenters. The lowest BCUT2D eigenvalue weighted by molar-refractivity contribution is 0.0694. The van der Waals surface area contributed by atoms with Crippen molar-refractivity contribution in [1.82, 2.24) is 0 Å². The zero-order valence-electron chi connectivity index (χ0n) is 10.6. The highest BCUT2D eigenvalue weighted by molar-refractivity contribution is 7.98. The number of carbonyl (C=O) groups is 1. The predicted molar refractivity (Wildman–Crippen MR) is 81.7 cm³/mol. The van der Waals surface area contributed by atoms with Gasteiger partial charge in [0.1, 0.15) is 0 Å². The van der Waals surface area contributed by atoms with Crippen molar-refractivity contribution in [2.24, 2.45) is 0 Å². The molecule has 1 aromatic heterocycles. The minimum atomic E-state index is -0.886. The topological polar surface area (TPSA) is 49.3 Å². The van der Waals surface area contributed by atoms with Gasteiger partial charge in [-0.25, -0.2) is 4.79 Å². The number of thioether (sulfide) groups is 1. The molecule has 0 spiro atoms. The summed E-state index contributed by atoms with van der Waals surface area (Å²) in [7, 11) is 0. The third-order valence-corrected chi connectivity index (χ3v) is 4.28. The van der Waals surface area contributed by atoms with Crippen LogP contribution in [0.5, 0.6) is 0 Å². The van der Waals surface area contributed by atoms with Crippen LogP contribution in [0.2, 0.25) is 0 Å². The molecule has 0 aliphatic carbocycles. The fraction of sp³-hybridized carbons (Fsp3) is 0.214. The third-order valence-electron chi connectivity index (χ3n) is 2.77. The van der Waals surface area contributed by atoms with Crippen molar-refractivity contribution in [3.63, 3.8) is 0 Å². The molecule has 1 aromatic carbocycles. The van der Waals surface area contributed by atoms with Crippen LogP contribution >= 0.6 is 23.1 Å². The van der Waals surface area contributed by atoms with Gasteiger partial charge in [0.2, 0.25) is 0 Å². The number of hydrogen-bond acceptors (Lipinski definition) is 4. The molecular formula is C14H15NO2S2. The molecule has 2 rings (SSSR count). The Morgan fingerprint density at radius 3 is 2.89 bits per heavy atom. The lowest BCUT2D eigenvalue weighted by Gasteiger charge is -2.12. The third kappa shape index (κ3) is 3.52. The second-order valence-corrected chi connectivity index (χ2v) is 5.62. The average Bonchev–Trinajstić information content (AvgIpc) is 2.91. The zero-order chi connectivity index (χ0) is 13.7. The highest BCUT2D eigenvalue weighted by Gasteiger charge is 2.14. The predicted octanol–water partition coefficient (Wildman–Crippen LogP) is 3.82. The number of benzene rings is 1. The highest BCUT2D eigenvalue weighted by Crippen LogP contribution is 2.27. The van der Waals surface area contributed by atoms with E-state index in [1.54, 1.807) is 11.3 Å². The van der Waals surface area contributed by atoms with Crippen molar-refractivity contribution in [1.29, 1.82) is 0 Å². The van der Waals surface area contributed by atoms with Crippen molar-refractivity contribution < 1.29 is 9.90 Å². The van der Waals surface area contributed by atoms with Gasteiger partial charge in [0.25, 0.3) is 0 Å². The van der Waals surface area contributed by atoms with E-state index >= 15 is 0 Å². The number of nitrogens with one attached hydrogen (secondary N) is 1. The fourth-order valence-corrected chi connectivity index (χ4v) is 3.16. The summed E-state index contributed by atoms with van der Waals surface area (Å²) in [6.45, 7) is 0.731. The Morgan fingerprint density at radius 1 is 1.42 bits per heavy atom. The van der Waals surface area contributed by atoms with E-state index in [9.17, 15) is 9.90 Å². The molecular weight excluding hydrogens is 278 g/mol. The van der Waals surface area contributed by atoms with Gasteiger partial charge in [-0.15, -0.1) is 11.8 Å². The normalized spacial score (nSPS) is 10.4. The van der Waals surface area contributed by atoms with Crippen LogP contribution in [0, 0.1) is 0 Å². The first-order valence-electron chi connectivity index (χ1n) is 5.87. The molecule has 0 bridgehead atoms. The smallest absolute Gasteiger partial charge is 0.338 e. The standard InChI is InChI=1S/C14H15NO2S2/c1-18-12-4-2-3-11(13(12)14(16)17)15-7-5-10-6-8-19-9-10/h2-4,6,8-9,15H,5,7H2,1H3,(H,16,17). The number of carboxylic acids is 1. The van der Waals surface area contributed by atoms with Crippen LogP contribution in [-0.2, 0) is 6.42 Å². The molecule has 100 valence electrons. The van der Waals surface area contributed by atoms with E-state index in [-0.39, 0.29) is 0 Å². The first kappa shape index (κ1) is 14.0. The first-order chi connectivity index (χ1) is 9.22. The summed E-state index contributed by atoms with van der Waals surface area (Å²) in [5.41, 5.74) is 2.32. The van der Waals surface area contributed by atoms with Crippen LogP contribution in [0.3, 0.4) is 0 Å². The van der Waals surface area contributed by atoms with Gasteiger partial charge in [0.15, 0.2) is 0 Å². The van der Waals surface area contributed by atoms with Gasteiger partial charge in [-0.2, -0.15) is 11.3 Å². The van der Waals surface area contributed by atoms with Crippen LogP contribution in [0.1, 0.15) is 15.9 Å². The van der Waals surface area contributed by atoms with Gasteiger partial charge >= 0.3 is 5.97 Å². The minimum Gasteiger partial charge on any atom is -0.478 e. The Morgan fingerprint density at radius 2 is 2.26 bits per heavy atom. The van der Waals surface area contributed by atoms with Gasteiger partial charge < -0.3 is 10.4 Å². The Labute approximate surface area is 120 Å². The van der Waals surface area contributed by atoms with Gasteiger partial charge in [0, 0.05) is 17.1 Å². The maximum Gasteiger partial charge on any atom is 0.338 e. The first-order valence-corrected chi connectivity index (χ1v) is 8.04. The number of thiophene rings is 1. The van der Waals surface area contributed by atoms with E-state index in [2.05, 4.69) is 16.8 Å². The van der Waals surface area contributed by atoms with Crippen LogP contribution < -0.4 is 5.32 Å². The van der Waals surface area contributed by atoms with Gasteiger partial charge in [-0.3, -0.25) is 0 Å². The molecule has 0 saturated carbocycles. The lowest BCUT2D eigenvalue weighted by atomic mass is 10.1. The monoisotopic (exact) mass is 293 g/mol. The second kappa shape index (κ2) is 6.63. The molecule has 2 aromatic rings. The number of hydrogen-bond donors (Lipinski definition) is 2. The summed E-state index contributed by atoms with van der Waals surface area (Å²) in [6, 6.07) is 7.61. The van der Waals surface area contributed by atoms with Crippen LogP contribution in [-0.4, -0.2) is 23.9 Å². The summed E-state index contributed by atoms with van der Waals surface area (Å²) >= 11 is 3.12. The van der Waals surface area contributed by atoms with E-state index in [0.717, 1.165) is 17.9 Å². The van der Waals surface area contributed by atoms with Crippen molar-refractivity contribution in [2.75, 3.05) is 18.1 Å². The Bertz CT molecular complexity index is 553. The molecule has 0 saturated heterocycles. The SMILES string of the molecule is CSc1cccc(NCCc2ccsc2)c1C(=O)O. The lowest BCUT2D eigenvalue weighted by Crippen LogP contribution is -2.10. The van der Waals surface area contributed by atoms with E-state index in [1.165, 1.54) is 17.3 Å². The molecule has 19 heavy (non-hydrogen) atoms. The van der Waals surface area contributed by atoms with Crippen LogP contribution in [0.4, 0.5) is 5.69 Å². The van der Waals surface area contributed by atoms with Crippen LogP contribution in [0.15, 0.2) is 39.9 Å². The minimum absolute atomic E-state index is 0.361. The van der Waals surface area contributed by atoms with E-state index in [4.69, 9.17) is 0 Å². The van der Waals surface area contributed by atoms with Crippen molar-refractivity contribution in [3.05, 3.63) is 46.2 Å². The number of rotatable bonds is 6. The second-order valence-electron chi connectivity index (χ2n) is 4.00. The molecule has 0 amide bonds. The Balaban J connectivity index is 2.09. The molecule has 0 aliphatic rings. The highest BCUT2D eigenvalue weighted by atomic mass is 32.2. The van der Waals surface area contributed by atoms with Crippen molar-refractivity contribution in [3.8, 4) is 0 Å². The average molecular weight is 293 g/mol. The van der Waals surface area contributed by atoms with Gasteiger partial charge in [-0.05, 0) is 47.2 Å². The summed E-state index contributed by atoms with van der Waals surface area (Å²) in [5.74, 6) is -0.886. The van der Waals surface area contributed by atoms with E-state index in [1.807, 2.05) is 29.8 Å². The summed E-state index contributed by atoms with van der Waals surface area (Å²) in [6.07, 6.45) is 2.78. The quantitative estimate of drug-likeness (QED) is 0.795. The van der Waals surface area contributed by atoms with Gasteiger partial charge in [0.05, 0.1) is 5.56 Å². The molecule has 5 heteroatoms. The molecule has 0 fully saturated rings. The van der Waals surface area contributed by atoms with Gasteiger partial charge in [-0.1, -0.05) is 6.07 Å². The summed E-state index contributed by atoms with van der Waals surface area (Å²) in [4.78, 5) is 12.1. The molecule has 0 unspecified atom stereocenters. The molecule has 0 radical (unpaired) electrons. The number of aromatic carboxylic acids is 1. The fourth-order valence-electron chi connectivity index (χ4n) is 1.85. The Hall–Kier alpha value is -1.46. The zero-order valence-corrected chi connectivity index (χ0v) is 12.2. The maximum absolute atomic E-state index is 11.3. The van der Waals surface area contributed by atoms with Crippen molar-refractivity contribution in [2.45, 2.75) is 11.3 Å². The Kier molecular flexibility index (Phi) is 4.87. The maximum atomic E-state index is 11.3. The van der Waals surface area contributed by atoms with Crippen LogP contribution in [0.25, 0.3) is 0 Å². The largest absolute Gasteiger partial charge is 0.478 e. The van der Waals surface area contributed by atoms with E-state index in [0.29, 0.717) is 11.3 Å².